The third kappa shape index (κ3) is 5.01. The van der Waals surface area contributed by atoms with Crippen molar-refractivity contribution in [3.8, 4) is 16.9 Å². The fourth-order valence-electron chi connectivity index (χ4n) is 2.63. The Morgan fingerprint density at radius 2 is 1.79 bits per heavy atom. The minimum Gasteiger partial charge on any atom is -0.325 e. The summed E-state index contributed by atoms with van der Waals surface area (Å²) in [4.78, 5) is 12.1. The van der Waals surface area contributed by atoms with Crippen molar-refractivity contribution in [2.75, 3.05) is 11.1 Å². The van der Waals surface area contributed by atoms with E-state index in [0.717, 1.165) is 16.9 Å². The molecule has 0 unspecified atom stereocenters. The van der Waals surface area contributed by atoms with E-state index < -0.39 is 0 Å². The van der Waals surface area contributed by atoms with E-state index in [9.17, 15) is 4.79 Å². The van der Waals surface area contributed by atoms with E-state index in [0.29, 0.717) is 15.7 Å². The first-order valence-electron chi connectivity index (χ1n) is 8.80. The average Bonchev–Trinajstić information content (AvgIpc) is 3.29. The summed E-state index contributed by atoms with van der Waals surface area (Å²) in [5, 5.41) is 16.8. The van der Waals surface area contributed by atoms with Gasteiger partial charge in [-0.25, -0.2) is 4.68 Å². The lowest BCUT2D eigenvalue weighted by atomic mass is 10.1. The van der Waals surface area contributed by atoms with E-state index in [1.54, 1.807) is 35.1 Å². The molecule has 1 N–H and O–H groups in total. The van der Waals surface area contributed by atoms with E-state index in [1.807, 2.05) is 48.7 Å². The van der Waals surface area contributed by atoms with Crippen LogP contribution in [0.1, 0.15) is 0 Å². The minimum atomic E-state index is -0.114. The summed E-state index contributed by atoms with van der Waals surface area (Å²) in [6.45, 7) is 0. The summed E-state index contributed by atoms with van der Waals surface area (Å²) in [5.41, 5.74) is 3.42. The highest BCUT2D eigenvalue weighted by molar-refractivity contribution is 7.99. The van der Waals surface area contributed by atoms with Crippen LogP contribution in [0.25, 0.3) is 16.9 Å². The molecule has 2 aromatic carbocycles. The van der Waals surface area contributed by atoms with Gasteiger partial charge in [0.25, 0.3) is 0 Å². The molecule has 8 heteroatoms. The Hall–Kier alpha value is -3.16. The van der Waals surface area contributed by atoms with Gasteiger partial charge >= 0.3 is 0 Å². The monoisotopic (exact) mass is 421 g/mol. The molecule has 0 aliphatic rings. The normalized spacial score (nSPS) is 10.7. The van der Waals surface area contributed by atoms with Gasteiger partial charge in [-0.3, -0.25) is 4.79 Å². The third-order valence-corrected chi connectivity index (χ3v) is 5.22. The van der Waals surface area contributed by atoms with Crippen molar-refractivity contribution in [2.24, 2.45) is 0 Å². The quantitative estimate of drug-likeness (QED) is 0.456. The maximum absolute atomic E-state index is 12.1. The molecule has 0 aliphatic heterocycles. The molecular formula is C21H16ClN5OS. The number of carbonyl (C=O) groups is 1. The lowest BCUT2D eigenvalue weighted by Gasteiger charge is -2.06. The molecule has 2 heterocycles. The number of carbonyl (C=O) groups excluding carboxylic acids is 1. The van der Waals surface area contributed by atoms with Crippen LogP contribution in [0.3, 0.4) is 0 Å². The van der Waals surface area contributed by atoms with Crippen LogP contribution in [0, 0.1) is 0 Å². The van der Waals surface area contributed by atoms with E-state index in [2.05, 4.69) is 20.6 Å². The van der Waals surface area contributed by atoms with Gasteiger partial charge in [0.05, 0.1) is 17.1 Å². The Kier molecular flexibility index (Phi) is 5.88. The van der Waals surface area contributed by atoms with Gasteiger partial charge in [0, 0.05) is 28.7 Å². The van der Waals surface area contributed by atoms with Crippen molar-refractivity contribution in [1.82, 2.24) is 20.0 Å². The Morgan fingerprint density at radius 1 is 1.00 bits per heavy atom. The second-order valence-corrected chi connectivity index (χ2v) is 7.53. The summed E-state index contributed by atoms with van der Waals surface area (Å²) in [5.74, 6) is 0.132. The van der Waals surface area contributed by atoms with Gasteiger partial charge < -0.3 is 5.32 Å². The molecular weight excluding hydrogens is 406 g/mol. The molecule has 0 saturated heterocycles. The minimum absolute atomic E-state index is 0.114. The fourth-order valence-corrected chi connectivity index (χ4v) is 3.37. The third-order valence-electron chi connectivity index (χ3n) is 4.05. The number of nitrogens with zero attached hydrogens (tertiary/aromatic N) is 4. The molecule has 0 fully saturated rings. The second kappa shape index (κ2) is 8.89. The largest absolute Gasteiger partial charge is 0.325 e. The molecule has 4 aromatic rings. The highest BCUT2D eigenvalue weighted by Gasteiger charge is 2.07. The SMILES string of the molecule is O=C(CSc1ccc(-c2ccc(-n3cccn3)cc2)nn1)Nc1ccc(Cl)cc1. The van der Waals surface area contributed by atoms with Gasteiger partial charge in [0.15, 0.2) is 0 Å². The van der Waals surface area contributed by atoms with Crippen LogP contribution in [0.5, 0.6) is 0 Å². The van der Waals surface area contributed by atoms with E-state index in [1.165, 1.54) is 11.8 Å². The van der Waals surface area contributed by atoms with Crippen LogP contribution < -0.4 is 5.32 Å². The van der Waals surface area contributed by atoms with Gasteiger partial charge in [-0.05, 0) is 54.6 Å². The van der Waals surface area contributed by atoms with Crippen LogP contribution in [0.4, 0.5) is 5.69 Å². The van der Waals surface area contributed by atoms with Crippen LogP contribution in [-0.2, 0) is 4.79 Å². The zero-order valence-corrected chi connectivity index (χ0v) is 16.8. The lowest BCUT2D eigenvalue weighted by Crippen LogP contribution is -2.14. The smallest absolute Gasteiger partial charge is 0.234 e. The standard InChI is InChI=1S/C21H16ClN5OS/c22-16-4-6-17(7-5-16)24-20(28)14-29-21-11-10-19(25-26-21)15-2-8-18(9-3-15)27-13-1-12-23-27/h1-13H,14H2,(H,24,28). The second-order valence-electron chi connectivity index (χ2n) is 6.10. The number of benzene rings is 2. The highest BCUT2D eigenvalue weighted by Crippen LogP contribution is 2.21. The van der Waals surface area contributed by atoms with Crippen LogP contribution in [0.15, 0.2) is 84.1 Å². The average molecular weight is 422 g/mol. The molecule has 0 aliphatic carbocycles. The first-order chi connectivity index (χ1) is 14.2. The highest BCUT2D eigenvalue weighted by atomic mass is 35.5. The molecule has 1 amide bonds. The summed E-state index contributed by atoms with van der Waals surface area (Å²) in [6.07, 6.45) is 3.63. The zero-order valence-electron chi connectivity index (χ0n) is 15.2. The van der Waals surface area contributed by atoms with Gasteiger partial charge in [-0.2, -0.15) is 5.10 Å². The molecule has 0 radical (unpaired) electrons. The first-order valence-corrected chi connectivity index (χ1v) is 10.2. The van der Waals surface area contributed by atoms with Crippen molar-refractivity contribution >= 4 is 35.0 Å². The van der Waals surface area contributed by atoms with Gasteiger partial charge in [0.1, 0.15) is 5.03 Å². The number of amides is 1. The van der Waals surface area contributed by atoms with Crippen LogP contribution in [-0.4, -0.2) is 31.6 Å². The predicted octanol–water partition coefficient (Wildman–Crippen LogP) is 4.71. The van der Waals surface area contributed by atoms with E-state index >= 15 is 0 Å². The van der Waals surface area contributed by atoms with Gasteiger partial charge in [-0.1, -0.05) is 35.5 Å². The number of hydrogen-bond acceptors (Lipinski definition) is 5. The molecule has 4 rings (SSSR count). The number of aromatic nitrogens is 4. The Morgan fingerprint density at radius 3 is 2.45 bits per heavy atom. The number of thioether (sulfide) groups is 1. The molecule has 6 nitrogen and oxygen atoms in total. The maximum atomic E-state index is 12.1. The number of hydrogen-bond donors (Lipinski definition) is 1. The fraction of sp³-hybridized carbons (Fsp3) is 0.0476. The Bertz CT molecular complexity index is 1080. The molecule has 0 saturated carbocycles. The molecule has 29 heavy (non-hydrogen) atoms. The zero-order chi connectivity index (χ0) is 20.1. The maximum Gasteiger partial charge on any atom is 0.234 e. The van der Waals surface area contributed by atoms with Gasteiger partial charge in [0.2, 0.25) is 5.91 Å². The molecule has 0 bridgehead atoms. The topological polar surface area (TPSA) is 72.7 Å². The molecule has 0 spiro atoms. The summed E-state index contributed by atoms with van der Waals surface area (Å²) in [7, 11) is 0. The van der Waals surface area contributed by atoms with Crippen molar-refractivity contribution in [3.63, 3.8) is 0 Å². The van der Waals surface area contributed by atoms with Crippen molar-refractivity contribution in [3.05, 3.63) is 84.1 Å². The van der Waals surface area contributed by atoms with Crippen LogP contribution in [0.2, 0.25) is 5.02 Å². The number of nitrogens with one attached hydrogen (secondary N) is 1. The molecule has 144 valence electrons. The first kappa shape index (κ1) is 19.2. The Balaban J connectivity index is 1.34. The predicted molar refractivity (Wildman–Crippen MR) is 115 cm³/mol. The van der Waals surface area contributed by atoms with Crippen molar-refractivity contribution in [1.29, 1.82) is 0 Å². The lowest BCUT2D eigenvalue weighted by molar-refractivity contribution is -0.113. The number of anilines is 1. The van der Waals surface area contributed by atoms with Crippen molar-refractivity contribution in [2.45, 2.75) is 5.03 Å². The molecule has 2 aromatic heterocycles. The Labute approximate surface area is 176 Å². The summed E-state index contributed by atoms with van der Waals surface area (Å²) < 4.78 is 1.80. The number of rotatable bonds is 6. The summed E-state index contributed by atoms with van der Waals surface area (Å²) in [6, 6.07) is 20.5. The van der Waals surface area contributed by atoms with Crippen LogP contribution >= 0.6 is 23.4 Å². The van der Waals surface area contributed by atoms with Crippen molar-refractivity contribution < 1.29 is 4.79 Å². The molecule has 0 atom stereocenters. The van der Waals surface area contributed by atoms with E-state index in [4.69, 9.17) is 11.6 Å². The van der Waals surface area contributed by atoms with Gasteiger partial charge in [-0.15, -0.1) is 10.2 Å². The number of halogens is 1. The summed E-state index contributed by atoms with van der Waals surface area (Å²) >= 11 is 7.17. The van der Waals surface area contributed by atoms with E-state index in [-0.39, 0.29) is 11.7 Å².